The van der Waals surface area contributed by atoms with Gasteiger partial charge in [-0.1, -0.05) is 129 Å². The molecular weight excluding hydrogens is 1120 g/mol. The molecule has 1 rings (SSSR count). The minimum atomic E-state index is -1.22. The molecule has 11 atom stereocenters. The van der Waals surface area contributed by atoms with Crippen LogP contribution in [0.25, 0.3) is 0 Å². The van der Waals surface area contributed by atoms with Gasteiger partial charge in [0.2, 0.25) is 59.1 Å². The first kappa shape index (κ1) is 79.9. The molecule has 1 heterocycles. The summed E-state index contributed by atoms with van der Waals surface area (Å²) in [6, 6.07) is -11.7. The Hall–Kier alpha value is -6.13. The van der Waals surface area contributed by atoms with Gasteiger partial charge >= 0.3 is 0 Å². The molecule has 0 aromatic heterocycles. The van der Waals surface area contributed by atoms with Crippen LogP contribution in [0.1, 0.15) is 181 Å². The van der Waals surface area contributed by atoms with Gasteiger partial charge in [0, 0.05) is 49.3 Å². The van der Waals surface area contributed by atoms with Gasteiger partial charge in [-0.2, -0.15) is 0 Å². The van der Waals surface area contributed by atoms with E-state index >= 15 is 14.4 Å². The van der Waals surface area contributed by atoms with E-state index in [1.807, 2.05) is 62.3 Å². The number of nitrogens with two attached hydrogens (primary N) is 1. The van der Waals surface area contributed by atoms with Crippen LogP contribution in [0.2, 0.25) is 0 Å². The molecule has 0 spiro atoms. The predicted octanol–water partition coefficient (Wildman–Crippen LogP) is 4.75. The Morgan fingerprint density at radius 2 is 0.818 bits per heavy atom. The molecule has 1 aliphatic heterocycles. The van der Waals surface area contributed by atoms with Crippen molar-refractivity contribution < 1.29 is 52.7 Å². The van der Waals surface area contributed by atoms with Gasteiger partial charge in [-0.3, -0.25) is 52.7 Å². The highest BCUT2D eigenvalue weighted by atomic mass is 16.2. The van der Waals surface area contributed by atoms with Crippen LogP contribution in [0.15, 0.2) is 12.3 Å². The number of rotatable bonds is 19. The summed E-state index contributed by atoms with van der Waals surface area (Å²) in [5.41, 5.74) is 5.45. The molecule has 1 fully saturated rings. The Morgan fingerprint density at radius 3 is 1.28 bits per heavy atom. The average Bonchev–Trinajstić information content (AvgIpc) is 3.64. The van der Waals surface area contributed by atoms with Crippen LogP contribution < -0.4 is 27.0 Å². The van der Waals surface area contributed by atoms with E-state index in [4.69, 9.17) is 5.73 Å². The van der Waals surface area contributed by atoms with Gasteiger partial charge in [0.1, 0.15) is 66.1 Å². The zero-order valence-corrected chi connectivity index (χ0v) is 58.2. The van der Waals surface area contributed by atoms with E-state index in [0.717, 1.165) is 41.9 Å². The number of carbonyl (C=O) groups is 11. The first-order valence-corrected chi connectivity index (χ1v) is 32.2. The maximum Gasteiger partial charge on any atom is 0.270 e. The number of carbonyl (C=O) groups excluding carboxylic acids is 11. The molecule has 0 aromatic carbocycles. The Labute approximate surface area is 528 Å². The smallest absolute Gasteiger partial charge is 0.270 e. The first-order chi connectivity index (χ1) is 40.7. The lowest BCUT2D eigenvalue weighted by atomic mass is 9.92. The molecule has 0 radical (unpaired) electrons. The minimum Gasteiger partial charge on any atom is -0.343 e. The fraction of sp³-hybridized carbons (Fsp3) is 0.800. The van der Waals surface area contributed by atoms with Crippen molar-refractivity contribution in [3.8, 4) is 0 Å². The maximum atomic E-state index is 15.2. The van der Waals surface area contributed by atoms with E-state index in [0.29, 0.717) is 6.54 Å². The Morgan fingerprint density at radius 1 is 0.420 bits per heavy atom. The van der Waals surface area contributed by atoms with Crippen LogP contribution in [0.5, 0.6) is 0 Å². The fourth-order valence-corrected chi connectivity index (χ4v) is 11.3. The zero-order valence-electron chi connectivity index (χ0n) is 58.2. The van der Waals surface area contributed by atoms with Crippen LogP contribution in [0, 0.1) is 41.4 Å². The summed E-state index contributed by atoms with van der Waals surface area (Å²) in [5.74, 6) is -8.77. The SMILES string of the molecule is C=C1C(=O)N(C)[C@@H](CC(C)C)C(=O)N[C@H](C(C)C)C(=O)N(C)[C@H](CC(C)C)C(=O)N[C@H](C)C(=O)N[C@@H](C)C(=O)N(C)[C@H](CC(C)C)C(=O)N(C)[C@@H](CC(C)C)C(=O)N(C)[C@@H](C(C)C)C(=O)N(C)[C@@H](C[C@H](C)CCCCCCN)C(=O)N[C@@H](CC)C(=O)N1C. The van der Waals surface area contributed by atoms with Gasteiger partial charge in [0.05, 0.1) is 0 Å². The van der Waals surface area contributed by atoms with E-state index in [9.17, 15) is 38.4 Å². The highest BCUT2D eigenvalue weighted by Gasteiger charge is 2.44. The van der Waals surface area contributed by atoms with Gasteiger partial charge in [0.25, 0.3) is 5.91 Å². The van der Waals surface area contributed by atoms with Gasteiger partial charge in [0.15, 0.2) is 0 Å². The molecule has 88 heavy (non-hydrogen) atoms. The fourth-order valence-electron chi connectivity index (χ4n) is 11.3. The molecule has 23 nitrogen and oxygen atoms in total. The molecule has 11 amide bonds. The summed E-state index contributed by atoms with van der Waals surface area (Å²) in [5, 5.41) is 11.2. The Kier molecular flexibility index (Phi) is 33.7. The number of nitrogens with one attached hydrogen (secondary N) is 4. The van der Waals surface area contributed by atoms with Crippen LogP contribution in [0.3, 0.4) is 0 Å². The Balaban J connectivity index is 4.33. The number of unbranched alkanes of at least 4 members (excludes halogenated alkanes) is 3. The van der Waals surface area contributed by atoms with Crippen molar-refractivity contribution in [2.24, 2.45) is 47.2 Å². The largest absolute Gasteiger partial charge is 0.343 e. The molecular formula is C65H118N12O11. The van der Waals surface area contributed by atoms with E-state index in [-0.39, 0.29) is 73.8 Å². The molecule has 0 aliphatic carbocycles. The molecule has 0 bridgehead atoms. The molecule has 0 aromatic rings. The van der Waals surface area contributed by atoms with Crippen LogP contribution in [-0.2, 0) is 52.7 Å². The molecule has 504 valence electrons. The van der Waals surface area contributed by atoms with Crippen molar-refractivity contribution in [2.45, 2.75) is 242 Å². The Bertz CT molecular complexity index is 2380. The lowest BCUT2D eigenvalue weighted by molar-refractivity contribution is -0.156. The predicted molar refractivity (Wildman–Crippen MR) is 344 cm³/mol. The van der Waals surface area contributed by atoms with Gasteiger partial charge in [-0.05, 0) is 107 Å². The van der Waals surface area contributed by atoms with Crippen LogP contribution in [-0.4, -0.2) is 216 Å². The average molecular weight is 1240 g/mol. The second kappa shape index (κ2) is 37.1. The maximum absolute atomic E-state index is 15.2. The van der Waals surface area contributed by atoms with Crippen molar-refractivity contribution in [1.82, 2.24) is 55.6 Å². The second-order valence-electron chi connectivity index (χ2n) is 27.3. The summed E-state index contributed by atoms with van der Waals surface area (Å²) in [7, 11) is 10.1. The minimum absolute atomic E-state index is 0.0643. The van der Waals surface area contributed by atoms with Crippen LogP contribution in [0.4, 0.5) is 0 Å². The summed E-state index contributed by atoms with van der Waals surface area (Å²) in [6.07, 6.45) is 5.20. The number of nitrogens with zero attached hydrogens (tertiary/aromatic N) is 7. The van der Waals surface area contributed by atoms with E-state index in [1.54, 1.807) is 34.6 Å². The molecule has 0 saturated carbocycles. The summed E-state index contributed by atoms with van der Waals surface area (Å²) in [6.45, 7) is 33.2. The number of hydrogen-bond acceptors (Lipinski definition) is 12. The lowest BCUT2D eigenvalue weighted by Crippen LogP contribution is -2.61. The summed E-state index contributed by atoms with van der Waals surface area (Å²) >= 11 is 0. The van der Waals surface area contributed by atoms with Crippen LogP contribution >= 0.6 is 0 Å². The summed E-state index contributed by atoms with van der Waals surface area (Å²) < 4.78 is 0. The monoisotopic (exact) mass is 1240 g/mol. The zero-order chi connectivity index (χ0) is 68.1. The third-order valence-electron chi connectivity index (χ3n) is 16.9. The highest BCUT2D eigenvalue weighted by molar-refractivity contribution is 6.02. The molecule has 0 unspecified atom stereocenters. The van der Waals surface area contributed by atoms with E-state index in [1.165, 1.54) is 87.7 Å². The van der Waals surface area contributed by atoms with Gasteiger partial charge in [-0.25, -0.2) is 0 Å². The topological polar surface area (TPSA) is 285 Å². The highest BCUT2D eigenvalue weighted by Crippen LogP contribution is 2.26. The van der Waals surface area contributed by atoms with Crippen molar-refractivity contribution in [2.75, 3.05) is 55.9 Å². The number of amides is 11. The van der Waals surface area contributed by atoms with Crippen molar-refractivity contribution >= 4 is 65.0 Å². The van der Waals surface area contributed by atoms with Crippen molar-refractivity contribution in [3.63, 3.8) is 0 Å². The molecule has 1 saturated heterocycles. The molecule has 23 heteroatoms. The lowest BCUT2D eigenvalue weighted by Gasteiger charge is -2.41. The van der Waals surface area contributed by atoms with E-state index in [2.05, 4.69) is 27.8 Å². The van der Waals surface area contributed by atoms with E-state index < -0.39 is 137 Å². The third kappa shape index (κ3) is 23.0. The summed E-state index contributed by atoms with van der Waals surface area (Å²) in [4.78, 5) is 170. The molecule has 1 aliphatic rings. The normalized spacial score (nSPS) is 26.0. The first-order valence-electron chi connectivity index (χ1n) is 32.2. The number of likely N-dealkylation sites (N-methyl/N-ethyl adjacent to an activating group) is 7. The standard InChI is InChI=1S/C65H118N12O11/c1-25-47-61(84)71(18)46(17)60(83)72(19)49(33-38(4)5)58(81)70-53(41(10)11)64(87)73(20)48(32-37(2)3)56(79)67-44(15)55(78)68-45(16)59(82)75(22)51(34-39(6)7)62(85)76(23)52(35-40(8)9)63(86)77(24)54(42(12)13)65(88)74(21)50(57(80)69-47)36-43(14)30-28-26-27-29-31-66/h37-45,47-54H,17,25-36,66H2,1-16,18-24H3,(H,67,79)(H,68,78)(H,69,80)(H,70,81)/t43-,44-,45+,47+,48-,49+,50+,51-,52+,53-,54+/m1/s1. The quantitative estimate of drug-likeness (QED) is 0.0865. The molecule has 6 N–H and O–H groups in total. The van der Waals surface area contributed by atoms with Crippen molar-refractivity contribution in [1.29, 1.82) is 0 Å². The van der Waals surface area contributed by atoms with Crippen molar-refractivity contribution in [3.05, 3.63) is 12.3 Å². The third-order valence-corrected chi connectivity index (χ3v) is 16.9. The van der Waals surface area contributed by atoms with Gasteiger partial charge in [-0.15, -0.1) is 0 Å². The second-order valence-corrected chi connectivity index (χ2v) is 27.3. The van der Waals surface area contributed by atoms with Gasteiger partial charge < -0.3 is 61.3 Å². The number of hydrogen-bond donors (Lipinski definition) is 5.